The number of rotatable bonds is 9. The average molecular weight is 349 g/mol. The zero-order valence-electron chi connectivity index (χ0n) is 13.5. The highest BCUT2D eigenvalue weighted by molar-refractivity contribution is 6.31. The molecule has 0 unspecified atom stereocenters. The Bertz CT molecular complexity index is 677. The summed E-state index contributed by atoms with van der Waals surface area (Å²) in [6.07, 6.45) is 0.940. The minimum absolute atomic E-state index is 0.221. The first kappa shape index (κ1) is 18.1. The molecular weight excluding hydrogens is 328 g/mol. The Hall–Kier alpha value is -2.24. The van der Waals surface area contributed by atoms with Crippen molar-refractivity contribution in [3.05, 3.63) is 58.6 Å². The van der Waals surface area contributed by atoms with E-state index in [1.807, 2.05) is 18.2 Å². The van der Waals surface area contributed by atoms with Gasteiger partial charge in [0.15, 0.2) is 18.1 Å². The number of hydrogen-bond donors (Lipinski definition) is 2. The first-order valence-corrected chi connectivity index (χ1v) is 8.00. The normalized spacial score (nSPS) is 10.4. The molecule has 5 nitrogen and oxygen atoms in total. The predicted molar refractivity (Wildman–Crippen MR) is 94.5 cm³/mol. The van der Waals surface area contributed by atoms with E-state index in [1.54, 1.807) is 12.1 Å². The van der Waals surface area contributed by atoms with E-state index in [1.165, 1.54) is 12.7 Å². The van der Waals surface area contributed by atoms with Gasteiger partial charge in [0.1, 0.15) is 0 Å². The number of hydrogen-bond acceptors (Lipinski definition) is 4. The van der Waals surface area contributed by atoms with Gasteiger partial charge in [-0.05, 0) is 30.2 Å². The van der Waals surface area contributed by atoms with E-state index in [-0.39, 0.29) is 6.61 Å². The molecule has 0 saturated carbocycles. The van der Waals surface area contributed by atoms with Gasteiger partial charge in [0.05, 0.1) is 7.11 Å². The van der Waals surface area contributed by atoms with Crippen LogP contribution < -0.4 is 20.5 Å². The zero-order valence-corrected chi connectivity index (χ0v) is 14.3. The molecule has 0 heterocycles. The number of halogens is 1. The number of carbonyl (C=O) groups is 1. The number of nitrogens with one attached hydrogen (secondary N) is 1. The Balaban J connectivity index is 1.93. The van der Waals surface area contributed by atoms with Crippen molar-refractivity contribution in [1.29, 1.82) is 0 Å². The highest BCUT2D eigenvalue weighted by Gasteiger charge is 2.11. The van der Waals surface area contributed by atoms with Crippen LogP contribution in [0.25, 0.3) is 0 Å². The van der Waals surface area contributed by atoms with Crippen molar-refractivity contribution in [1.82, 2.24) is 5.32 Å². The molecule has 24 heavy (non-hydrogen) atoms. The maximum Gasteiger partial charge on any atom is 0.255 e. The highest BCUT2D eigenvalue weighted by atomic mass is 35.5. The molecule has 1 amide bonds. The van der Waals surface area contributed by atoms with Crippen molar-refractivity contribution in [2.75, 3.05) is 20.3 Å². The molecular formula is C18H21ClN2O3. The van der Waals surface area contributed by atoms with Crippen LogP contribution >= 0.6 is 11.6 Å². The minimum atomic E-state index is -0.556. The Morgan fingerprint density at radius 3 is 2.62 bits per heavy atom. The molecule has 0 aliphatic carbocycles. The number of primary amides is 1. The summed E-state index contributed by atoms with van der Waals surface area (Å²) in [4.78, 5) is 10.8. The lowest BCUT2D eigenvalue weighted by atomic mass is 10.1. The molecule has 0 radical (unpaired) electrons. The predicted octanol–water partition coefficient (Wildman–Crippen LogP) is 2.54. The first-order valence-electron chi connectivity index (χ1n) is 7.62. The number of amides is 1. The lowest BCUT2D eigenvalue weighted by Gasteiger charge is -2.13. The third-order valence-corrected chi connectivity index (χ3v) is 3.80. The molecule has 0 spiro atoms. The van der Waals surface area contributed by atoms with Crippen molar-refractivity contribution in [2.45, 2.75) is 13.0 Å². The van der Waals surface area contributed by atoms with E-state index in [2.05, 4.69) is 17.4 Å². The van der Waals surface area contributed by atoms with Crippen LogP contribution in [0.1, 0.15) is 11.1 Å². The van der Waals surface area contributed by atoms with Crippen molar-refractivity contribution >= 4 is 17.5 Å². The van der Waals surface area contributed by atoms with Gasteiger partial charge >= 0.3 is 0 Å². The Morgan fingerprint density at radius 2 is 1.96 bits per heavy atom. The number of carbonyl (C=O) groups excluding carboxylic acids is 1. The summed E-state index contributed by atoms with van der Waals surface area (Å²) >= 11 is 6.28. The van der Waals surface area contributed by atoms with Crippen LogP contribution in [0.2, 0.25) is 5.02 Å². The summed E-state index contributed by atoms with van der Waals surface area (Å²) < 4.78 is 10.6. The van der Waals surface area contributed by atoms with Crippen LogP contribution in [0.3, 0.4) is 0 Å². The zero-order chi connectivity index (χ0) is 17.4. The summed E-state index contributed by atoms with van der Waals surface area (Å²) in [6, 6.07) is 13.7. The third kappa shape index (κ3) is 5.44. The van der Waals surface area contributed by atoms with E-state index < -0.39 is 5.91 Å². The van der Waals surface area contributed by atoms with Crippen molar-refractivity contribution in [2.24, 2.45) is 5.73 Å². The fourth-order valence-electron chi connectivity index (χ4n) is 2.23. The first-order chi connectivity index (χ1) is 11.6. The van der Waals surface area contributed by atoms with Gasteiger partial charge in [0, 0.05) is 17.6 Å². The molecule has 2 aromatic carbocycles. The van der Waals surface area contributed by atoms with E-state index in [9.17, 15) is 4.79 Å². The Labute approximate surface area is 146 Å². The van der Waals surface area contributed by atoms with Gasteiger partial charge in [-0.1, -0.05) is 41.9 Å². The molecule has 0 bridgehead atoms. The molecule has 6 heteroatoms. The number of benzene rings is 2. The molecule has 0 aliphatic heterocycles. The van der Waals surface area contributed by atoms with Crippen LogP contribution in [0.15, 0.2) is 42.5 Å². The summed E-state index contributed by atoms with van der Waals surface area (Å²) in [5.41, 5.74) is 7.26. The summed E-state index contributed by atoms with van der Waals surface area (Å²) in [6.45, 7) is 1.22. The fraction of sp³-hybridized carbons (Fsp3) is 0.278. The smallest absolute Gasteiger partial charge is 0.255 e. The van der Waals surface area contributed by atoms with E-state index in [4.69, 9.17) is 26.8 Å². The van der Waals surface area contributed by atoms with Crippen LogP contribution in [-0.2, 0) is 17.8 Å². The van der Waals surface area contributed by atoms with Crippen molar-refractivity contribution in [3.63, 3.8) is 0 Å². The summed E-state index contributed by atoms with van der Waals surface area (Å²) in [5, 5.41) is 3.90. The SMILES string of the molecule is COc1cc(CNCCc2ccccc2)c(Cl)cc1OCC(N)=O. The largest absolute Gasteiger partial charge is 0.493 e. The minimum Gasteiger partial charge on any atom is -0.493 e. The van der Waals surface area contributed by atoms with Crippen LogP contribution in [-0.4, -0.2) is 26.2 Å². The Kier molecular flexibility index (Phi) is 6.90. The molecule has 0 saturated heterocycles. The number of ether oxygens (including phenoxy) is 2. The molecule has 0 aromatic heterocycles. The average Bonchev–Trinajstić information content (AvgIpc) is 2.59. The highest BCUT2D eigenvalue weighted by Crippen LogP contribution is 2.33. The quantitative estimate of drug-likeness (QED) is 0.683. The second kappa shape index (κ2) is 9.15. The lowest BCUT2D eigenvalue weighted by molar-refractivity contribution is -0.119. The van der Waals surface area contributed by atoms with E-state index >= 15 is 0 Å². The maximum atomic E-state index is 10.8. The summed E-state index contributed by atoms with van der Waals surface area (Å²) in [7, 11) is 1.53. The van der Waals surface area contributed by atoms with Gasteiger partial charge in [0.25, 0.3) is 5.91 Å². The second-order valence-electron chi connectivity index (χ2n) is 5.26. The van der Waals surface area contributed by atoms with Gasteiger partial charge in [-0.25, -0.2) is 0 Å². The van der Waals surface area contributed by atoms with E-state index in [0.29, 0.717) is 23.1 Å². The molecule has 128 valence electrons. The standard InChI is InChI=1S/C18H21ClN2O3/c1-23-16-9-14(15(19)10-17(16)24-12-18(20)22)11-21-8-7-13-5-3-2-4-6-13/h2-6,9-10,21H,7-8,11-12H2,1H3,(H2,20,22). The van der Waals surface area contributed by atoms with Crippen molar-refractivity contribution < 1.29 is 14.3 Å². The maximum absolute atomic E-state index is 10.8. The molecule has 0 atom stereocenters. The molecule has 2 rings (SSSR count). The molecule has 0 fully saturated rings. The van der Waals surface area contributed by atoms with Gasteiger partial charge in [0.2, 0.25) is 0 Å². The second-order valence-corrected chi connectivity index (χ2v) is 5.67. The topological polar surface area (TPSA) is 73.6 Å². The fourth-order valence-corrected chi connectivity index (χ4v) is 2.45. The third-order valence-electron chi connectivity index (χ3n) is 3.45. The van der Waals surface area contributed by atoms with Gasteiger partial charge in [-0.2, -0.15) is 0 Å². The number of nitrogens with two attached hydrogens (primary N) is 1. The lowest BCUT2D eigenvalue weighted by Crippen LogP contribution is -2.20. The van der Waals surface area contributed by atoms with Crippen LogP contribution in [0.4, 0.5) is 0 Å². The van der Waals surface area contributed by atoms with Crippen LogP contribution in [0, 0.1) is 0 Å². The van der Waals surface area contributed by atoms with Crippen LogP contribution in [0.5, 0.6) is 11.5 Å². The monoisotopic (exact) mass is 348 g/mol. The van der Waals surface area contributed by atoms with Gasteiger partial charge in [-0.3, -0.25) is 4.79 Å². The van der Waals surface area contributed by atoms with Crippen molar-refractivity contribution in [3.8, 4) is 11.5 Å². The Morgan fingerprint density at radius 1 is 1.21 bits per heavy atom. The molecule has 3 N–H and O–H groups in total. The molecule has 2 aromatic rings. The summed E-state index contributed by atoms with van der Waals surface area (Å²) in [5.74, 6) is 0.356. The molecule has 0 aliphatic rings. The number of methoxy groups -OCH3 is 1. The van der Waals surface area contributed by atoms with Gasteiger partial charge < -0.3 is 20.5 Å². The van der Waals surface area contributed by atoms with Gasteiger partial charge in [-0.15, -0.1) is 0 Å². The van der Waals surface area contributed by atoms with E-state index in [0.717, 1.165) is 18.5 Å².